The van der Waals surface area contributed by atoms with E-state index in [1.807, 2.05) is 0 Å². The van der Waals surface area contributed by atoms with Crippen LogP contribution in [0.4, 0.5) is 0 Å². The summed E-state index contributed by atoms with van der Waals surface area (Å²) >= 11 is 0. The fraction of sp³-hybridized carbons (Fsp3) is 1.00. The molecule has 0 unspecified atom stereocenters. The van der Waals surface area contributed by atoms with Crippen LogP contribution >= 0.6 is 0 Å². The van der Waals surface area contributed by atoms with Crippen LogP contribution in [0.3, 0.4) is 0 Å². The first-order valence-corrected chi connectivity index (χ1v) is 18.0. The average molecular weight is 843 g/mol. The highest BCUT2D eigenvalue weighted by atomic mass is 16.8. The van der Waals surface area contributed by atoms with E-state index in [-0.39, 0.29) is 0 Å². The Balaban J connectivity index is 1.31. The molecule has 5 rings (SSSR count). The quantitative estimate of drug-likeness (QED) is 0.0609. The molecule has 0 aromatic carbocycles. The zero-order chi connectivity index (χ0) is 42.0. The molecule has 0 bridgehead atoms. The van der Waals surface area contributed by atoms with E-state index in [1.165, 1.54) is 7.11 Å². The molecule has 5 saturated heterocycles. The van der Waals surface area contributed by atoms with E-state index in [0.29, 0.717) is 0 Å². The van der Waals surface area contributed by atoms with Crippen molar-refractivity contribution in [3.8, 4) is 0 Å². The number of hydrogen-bond acceptors (Lipinski definition) is 26. The maximum Gasteiger partial charge on any atom is 0.187 e. The van der Waals surface area contributed by atoms with Gasteiger partial charge in [0.25, 0.3) is 0 Å². The Bertz CT molecular complexity index is 1220. The van der Waals surface area contributed by atoms with Crippen LogP contribution < -0.4 is 0 Å². The maximum absolute atomic E-state index is 11.2. The van der Waals surface area contributed by atoms with Gasteiger partial charge in [-0.2, -0.15) is 0 Å². The molecule has 25 atom stereocenters. The number of aliphatic hydroxyl groups excluding tert-OH is 16. The summed E-state index contributed by atoms with van der Waals surface area (Å²) in [7, 11) is 1.20. The van der Waals surface area contributed by atoms with Crippen molar-refractivity contribution < 1.29 is 129 Å². The zero-order valence-electron chi connectivity index (χ0n) is 30.2. The summed E-state index contributed by atoms with van der Waals surface area (Å²) in [6.45, 7) is -4.46. The molecule has 5 fully saturated rings. The summed E-state index contributed by atoms with van der Waals surface area (Å²) in [4.78, 5) is 0. The molecule has 26 nitrogen and oxygen atoms in total. The van der Waals surface area contributed by atoms with Gasteiger partial charge in [-0.1, -0.05) is 0 Å². The number of hydrogen-bond donors (Lipinski definition) is 16. The van der Waals surface area contributed by atoms with Gasteiger partial charge in [-0.05, 0) is 0 Å². The lowest BCUT2D eigenvalue weighted by atomic mass is 9.99. The molecule has 16 N–H and O–H groups in total. The van der Waals surface area contributed by atoms with Crippen molar-refractivity contribution in [2.75, 3.05) is 40.1 Å². The molecule has 0 saturated carbocycles. The van der Waals surface area contributed by atoms with Crippen LogP contribution in [0.25, 0.3) is 0 Å². The zero-order valence-corrected chi connectivity index (χ0v) is 30.2. The number of rotatable bonds is 18. The van der Waals surface area contributed by atoms with E-state index in [9.17, 15) is 81.7 Å². The summed E-state index contributed by atoms with van der Waals surface area (Å²) < 4.78 is 55.1. The van der Waals surface area contributed by atoms with Crippen LogP contribution in [-0.4, -0.2) is 275 Å². The third-order valence-electron chi connectivity index (χ3n) is 10.4. The van der Waals surface area contributed by atoms with E-state index >= 15 is 0 Å². The highest BCUT2D eigenvalue weighted by Crippen LogP contribution is 2.37. The van der Waals surface area contributed by atoms with Crippen LogP contribution in [-0.2, 0) is 47.4 Å². The van der Waals surface area contributed by atoms with Gasteiger partial charge in [-0.3, -0.25) is 0 Å². The van der Waals surface area contributed by atoms with Crippen LogP contribution in [0.15, 0.2) is 0 Å². The van der Waals surface area contributed by atoms with Crippen LogP contribution in [0.2, 0.25) is 0 Å². The van der Waals surface area contributed by atoms with Gasteiger partial charge in [-0.25, -0.2) is 0 Å². The lowest BCUT2D eigenvalue weighted by molar-refractivity contribution is -0.333. The van der Waals surface area contributed by atoms with E-state index in [2.05, 4.69) is 0 Å². The SMILES string of the molecule is CO[C@@H]1O[C@@H]([C@H](O)CO[C@@H]2O[C@@H]([C@@H](CO)O[C@@H]3O[C@@H]([C@H](O)CO)[C@H](O)[C@H]3O[C@H]3O[C@@H]([C@H](O)CO)[C@H](O)[C@H]3O[C@H]3O[C@H](CO)[C@@H](O)[C@H](O)[C@H]3O)[C@H](O)[C@H]2O)[C@H](O)[C@H]1O. The van der Waals surface area contributed by atoms with Gasteiger partial charge in [0.1, 0.15) is 122 Å². The van der Waals surface area contributed by atoms with Crippen molar-refractivity contribution in [2.45, 2.75) is 154 Å². The van der Waals surface area contributed by atoms with E-state index < -0.39 is 187 Å². The van der Waals surface area contributed by atoms with Gasteiger partial charge in [0, 0.05) is 7.11 Å². The third-order valence-corrected chi connectivity index (χ3v) is 10.4. The number of aliphatic hydroxyl groups is 16. The molecule has 0 aliphatic carbocycles. The number of ether oxygens (including phenoxy) is 10. The van der Waals surface area contributed by atoms with E-state index in [0.717, 1.165) is 0 Å². The second kappa shape index (κ2) is 20.2. The van der Waals surface area contributed by atoms with Crippen molar-refractivity contribution >= 4 is 0 Å². The van der Waals surface area contributed by atoms with E-state index in [1.54, 1.807) is 0 Å². The maximum atomic E-state index is 11.2. The second-order valence-electron chi connectivity index (χ2n) is 14.2. The molecule has 0 aromatic rings. The fourth-order valence-corrected chi connectivity index (χ4v) is 7.15. The Kier molecular flexibility index (Phi) is 16.7. The summed E-state index contributed by atoms with van der Waals surface area (Å²) in [6.07, 6.45) is -43.5. The number of methoxy groups -OCH3 is 1. The first-order valence-electron chi connectivity index (χ1n) is 18.0. The molecule has 5 aliphatic rings. The van der Waals surface area contributed by atoms with Crippen LogP contribution in [0.1, 0.15) is 0 Å². The van der Waals surface area contributed by atoms with Gasteiger partial charge >= 0.3 is 0 Å². The molecular weight excluding hydrogens is 788 g/mol. The predicted molar refractivity (Wildman–Crippen MR) is 171 cm³/mol. The summed E-state index contributed by atoms with van der Waals surface area (Å²) in [5.74, 6) is 0. The molecule has 5 aliphatic heterocycles. The summed E-state index contributed by atoms with van der Waals surface area (Å²) in [5.41, 5.74) is 0. The molecule has 5 heterocycles. The molecule has 0 amide bonds. The molecular formula is C31H54O26. The molecule has 0 aromatic heterocycles. The van der Waals surface area contributed by atoms with Crippen molar-refractivity contribution in [3.05, 3.63) is 0 Å². The minimum Gasteiger partial charge on any atom is -0.394 e. The first kappa shape index (κ1) is 47.0. The van der Waals surface area contributed by atoms with Crippen molar-refractivity contribution in [1.29, 1.82) is 0 Å². The highest BCUT2D eigenvalue weighted by molar-refractivity contribution is 4.99. The monoisotopic (exact) mass is 842 g/mol. The van der Waals surface area contributed by atoms with Crippen molar-refractivity contribution in [2.24, 2.45) is 0 Å². The Hall–Kier alpha value is -1.04. The summed E-state index contributed by atoms with van der Waals surface area (Å²) in [5, 5.41) is 165. The lowest BCUT2D eigenvalue weighted by Crippen LogP contribution is -2.60. The average Bonchev–Trinajstić information content (AvgIpc) is 3.88. The topological polar surface area (TPSA) is 416 Å². The fourth-order valence-electron chi connectivity index (χ4n) is 7.15. The second-order valence-corrected chi connectivity index (χ2v) is 14.2. The van der Waals surface area contributed by atoms with Crippen LogP contribution in [0, 0.1) is 0 Å². The normalized spacial score (nSPS) is 48.7. The minimum absolute atomic E-state index is 0.684. The van der Waals surface area contributed by atoms with Gasteiger partial charge in [0.2, 0.25) is 0 Å². The molecule has 57 heavy (non-hydrogen) atoms. The Morgan fingerprint density at radius 3 is 1.47 bits per heavy atom. The predicted octanol–water partition coefficient (Wildman–Crippen LogP) is -11.3. The first-order chi connectivity index (χ1) is 27.0. The minimum atomic E-state index is -1.99. The van der Waals surface area contributed by atoms with Crippen LogP contribution in [0.5, 0.6) is 0 Å². The van der Waals surface area contributed by atoms with Gasteiger partial charge in [0.05, 0.1) is 33.0 Å². The third kappa shape index (κ3) is 9.72. The largest absolute Gasteiger partial charge is 0.394 e. The van der Waals surface area contributed by atoms with E-state index in [4.69, 9.17) is 47.4 Å². The Labute approximate surface area is 323 Å². The standard InChI is InChI=1S/C31H54O26/c1-48-27-17(44)14(41)23(52-27)9(38)6-49-28-18(45)15(42)24(55-28)11(5-35)51-30-25(19(46)21(53-30)7(36)2-32)57-31-26(20(47)22(54-31)8(37)3-33)56-29-16(43)13(40)12(39)10(4-34)50-29/h7-47H,2-6H2,1H3/t7-,8-,9-,10-,11-,12-,13+,14-,15-,16-,17-,18-,19+,20+,21+,22+,23+,24+,25-,26-,27-,28-,29-,30-,31-/m1/s1. The smallest absolute Gasteiger partial charge is 0.187 e. The summed E-state index contributed by atoms with van der Waals surface area (Å²) in [6, 6.07) is 0. The highest BCUT2D eigenvalue weighted by Gasteiger charge is 2.58. The molecule has 0 spiro atoms. The molecule has 26 heteroatoms. The van der Waals surface area contributed by atoms with Gasteiger partial charge in [0.15, 0.2) is 31.5 Å². The Morgan fingerprint density at radius 2 is 0.930 bits per heavy atom. The van der Waals surface area contributed by atoms with Gasteiger partial charge < -0.3 is 129 Å². The molecule has 0 radical (unpaired) electrons. The molecule has 334 valence electrons. The van der Waals surface area contributed by atoms with Gasteiger partial charge in [-0.15, -0.1) is 0 Å². The van der Waals surface area contributed by atoms with Crippen molar-refractivity contribution in [3.63, 3.8) is 0 Å². The lowest BCUT2D eigenvalue weighted by Gasteiger charge is -2.41. The van der Waals surface area contributed by atoms with Crippen molar-refractivity contribution in [1.82, 2.24) is 0 Å². The Morgan fingerprint density at radius 1 is 0.456 bits per heavy atom.